The van der Waals surface area contributed by atoms with E-state index in [0.29, 0.717) is 5.76 Å². The van der Waals surface area contributed by atoms with Crippen molar-refractivity contribution in [1.29, 1.82) is 0 Å². The smallest absolute Gasteiger partial charge is 0.373 e. The minimum atomic E-state index is -3.22. The molecule has 0 aliphatic carbocycles. The number of esters is 1. The largest absolute Gasteiger partial charge is 0.463 e. The summed E-state index contributed by atoms with van der Waals surface area (Å²) in [5.74, 6) is -0.160. The fourth-order valence-corrected chi connectivity index (χ4v) is 2.35. The Labute approximate surface area is 106 Å². The highest BCUT2D eigenvalue weighted by atomic mass is 32.2. The van der Waals surface area contributed by atoms with E-state index in [2.05, 4.69) is 10.1 Å². The summed E-state index contributed by atoms with van der Waals surface area (Å²) >= 11 is 0. The number of carbonyl (C=O) groups is 1. The Kier molecular flexibility index (Phi) is 4.53. The van der Waals surface area contributed by atoms with Crippen LogP contribution in [0.25, 0.3) is 0 Å². The van der Waals surface area contributed by atoms with Crippen molar-refractivity contribution in [1.82, 2.24) is 5.32 Å². The molecule has 7 heteroatoms. The Morgan fingerprint density at radius 2 is 2.06 bits per heavy atom. The van der Waals surface area contributed by atoms with Gasteiger partial charge in [-0.25, -0.2) is 13.2 Å². The normalized spacial score (nSPS) is 15.1. The molecule has 0 aromatic carbocycles. The molecule has 1 aromatic heterocycles. The number of carbonyl (C=O) groups excluding carboxylic acids is 1. The van der Waals surface area contributed by atoms with Crippen molar-refractivity contribution in [2.45, 2.75) is 18.2 Å². The van der Waals surface area contributed by atoms with Gasteiger partial charge in [-0.1, -0.05) is 0 Å². The monoisotopic (exact) mass is 275 g/mol. The van der Waals surface area contributed by atoms with E-state index in [-0.39, 0.29) is 5.76 Å². The Bertz CT molecular complexity index is 519. The quantitative estimate of drug-likeness (QED) is 0.798. The first kappa shape index (κ1) is 14.7. The lowest BCUT2D eigenvalue weighted by atomic mass is 10.2. The van der Waals surface area contributed by atoms with E-state index < -0.39 is 27.1 Å². The first-order chi connectivity index (χ1) is 8.31. The molecule has 1 N–H and O–H groups in total. The fraction of sp³-hybridized carbons (Fsp3) is 0.545. The number of ether oxygens (including phenoxy) is 1. The van der Waals surface area contributed by atoms with Crippen LogP contribution in [0.3, 0.4) is 0 Å². The maximum absolute atomic E-state index is 11.5. The van der Waals surface area contributed by atoms with Gasteiger partial charge in [-0.05, 0) is 26.1 Å². The van der Waals surface area contributed by atoms with Crippen LogP contribution < -0.4 is 5.32 Å². The van der Waals surface area contributed by atoms with E-state index in [1.807, 2.05) is 0 Å². The van der Waals surface area contributed by atoms with Crippen LogP contribution in [0.1, 0.15) is 29.3 Å². The molecule has 0 saturated heterocycles. The molecule has 1 heterocycles. The summed E-state index contributed by atoms with van der Waals surface area (Å²) in [5.41, 5.74) is 0. The van der Waals surface area contributed by atoms with Gasteiger partial charge < -0.3 is 14.5 Å². The maximum atomic E-state index is 11.5. The van der Waals surface area contributed by atoms with E-state index in [4.69, 9.17) is 4.42 Å². The van der Waals surface area contributed by atoms with Gasteiger partial charge in [0.1, 0.15) is 5.76 Å². The molecule has 0 saturated carbocycles. The van der Waals surface area contributed by atoms with Crippen molar-refractivity contribution in [2.75, 3.05) is 20.4 Å². The third kappa shape index (κ3) is 3.11. The summed E-state index contributed by atoms with van der Waals surface area (Å²) in [5, 5.41) is 2.20. The lowest BCUT2D eigenvalue weighted by Gasteiger charge is -2.19. The lowest BCUT2D eigenvalue weighted by Crippen LogP contribution is -2.32. The minimum Gasteiger partial charge on any atom is -0.463 e. The molecule has 2 unspecified atom stereocenters. The molecule has 0 amide bonds. The predicted molar refractivity (Wildman–Crippen MR) is 66.2 cm³/mol. The Morgan fingerprint density at radius 1 is 1.44 bits per heavy atom. The van der Waals surface area contributed by atoms with Crippen LogP contribution in [0.4, 0.5) is 0 Å². The number of sulfone groups is 1. The summed E-state index contributed by atoms with van der Waals surface area (Å²) in [6.07, 6.45) is 1.16. The van der Waals surface area contributed by atoms with Gasteiger partial charge in [-0.2, -0.15) is 0 Å². The van der Waals surface area contributed by atoms with Gasteiger partial charge >= 0.3 is 5.97 Å². The molecule has 0 radical (unpaired) electrons. The van der Waals surface area contributed by atoms with Crippen LogP contribution in [0.2, 0.25) is 0 Å². The molecule has 102 valence electrons. The molecule has 2 atom stereocenters. The van der Waals surface area contributed by atoms with E-state index in [1.54, 1.807) is 20.0 Å². The summed E-state index contributed by atoms with van der Waals surface area (Å²) in [7, 11) is -0.337. The van der Waals surface area contributed by atoms with Crippen LogP contribution in [-0.2, 0) is 14.6 Å². The van der Waals surface area contributed by atoms with E-state index >= 15 is 0 Å². The number of hydrogen-bond acceptors (Lipinski definition) is 6. The number of hydrogen-bond donors (Lipinski definition) is 1. The summed E-state index contributed by atoms with van der Waals surface area (Å²) in [6.45, 7) is 1.58. The van der Waals surface area contributed by atoms with Crippen LogP contribution in [0, 0.1) is 0 Å². The number of rotatable bonds is 5. The Balaban J connectivity index is 3.04. The zero-order valence-electron chi connectivity index (χ0n) is 10.8. The second-order valence-electron chi connectivity index (χ2n) is 3.99. The first-order valence-corrected chi connectivity index (χ1v) is 7.31. The van der Waals surface area contributed by atoms with Crippen molar-refractivity contribution < 1.29 is 22.4 Å². The molecule has 6 nitrogen and oxygen atoms in total. The highest BCUT2D eigenvalue weighted by molar-refractivity contribution is 7.91. The van der Waals surface area contributed by atoms with Gasteiger partial charge in [-0.3, -0.25) is 0 Å². The van der Waals surface area contributed by atoms with Crippen molar-refractivity contribution in [3.63, 3.8) is 0 Å². The van der Waals surface area contributed by atoms with Gasteiger partial charge in [0.25, 0.3) is 0 Å². The van der Waals surface area contributed by atoms with Crippen molar-refractivity contribution >= 4 is 15.8 Å². The standard InChI is InChI=1S/C11H17NO5S/c1-7(18(4,14)15)10(12-2)8-5-6-9(17-8)11(13)16-3/h5-7,10,12H,1-4H3. The summed E-state index contributed by atoms with van der Waals surface area (Å²) in [4.78, 5) is 11.2. The van der Waals surface area contributed by atoms with Gasteiger partial charge in [0.15, 0.2) is 9.84 Å². The SMILES string of the molecule is CNC(c1ccc(C(=O)OC)o1)C(C)S(C)(=O)=O. The van der Waals surface area contributed by atoms with Crippen molar-refractivity contribution in [3.8, 4) is 0 Å². The van der Waals surface area contributed by atoms with Crippen LogP contribution in [-0.4, -0.2) is 40.1 Å². The third-order valence-corrected chi connectivity index (χ3v) is 4.40. The Hall–Kier alpha value is -1.34. The second kappa shape index (κ2) is 5.53. The number of methoxy groups -OCH3 is 1. The Morgan fingerprint density at radius 3 is 2.50 bits per heavy atom. The van der Waals surface area contributed by atoms with Gasteiger partial charge in [0, 0.05) is 6.26 Å². The van der Waals surface area contributed by atoms with E-state index in [9.17, 15) is 13.2 Å². The van der Waals surface area contributed by atoms with Crippen molar-refractivity contribution in [3.05, 3.63) is 23.7 Å². The van der Waals surface area contributed by atoms with Crippen LogP contribution >= 0.6 is 0 Å². The van der Waals surface area contributed by atoms with Crippen LogP contribution in [0.5, 0.6) is 0 Å². The fourth-order valence-electron chi connectivity index (χ4n) is 1.59. The third-order valence-electron chi connectivity index (χ3n) is 2.78. The van der Waals surface area contributed by atoms with Crippen molar-refractivity contribution in [2.24, 2.45) is 0 Å². The summed E-state index contributed by atoms with van der Waals surface area (Å²) in [6, 6.07) is 2.51. The van der Waals surface area contributed by atoms with Gasteiger partial charge in [0.2, 0.25) is 5.76 Å². The molecule has 0 aliphatic heterocycles. The van der Waals surface area contributed by atoms with E-state index in [1.165, 1.54) is 13.2 Å². The molecule has 0 spiro atoms. The molecule has 0 aliphatic rings. The molecule has 1 aromatic rings. The molecular formula is C11H17NO5S. The van der Waals surface area contributed by atoms with E-state index in [0.717, 1.165) is 6.26 Å². The minimum absolute atomic E-state index is 0.0495. The molecule has 0 fully saturated rings. The molecular weight excluding hydrogens is 258 g/mol. The lowest BCUT2D eigenvalue weighted by molar-refractivity contribution is 0.0562. The average molecular weight is 275 g/mol. The molecule has 0 bridgehead atoms. The highest BCUT2D eigenvalue weighted by Crippen LogP contribution is 2.23. The summed E-state index contributed by atoms with van der Waals surface area (Å²) < 4.78 is 32.9. The first-order valence-electron chi connectivity index (χ1n) is 5.35. The van der Waals surface area contributed by atoms with Gasteiger partial charge in [-0.15, -0.1) is 0 Å². The van der Waals surface area contributed by atoms with Gasteiger partial charge in [0.05, 0.1) is 18.4 Å². The second-order valence-corrected chi connectivity index (χ2v) is 6.40. The van der Waals surface area contributed by atoms with Crippen LogP contribution in [0.15, 0.2) is 16.5 Å². The highest BCUT2D eigenvalue weighted by Gasteiger charge is 2.29. The molecule has 18 heavy (non-hydrogen) atoms. The zero-order valence-corrected chi connectivity index (χ0v) is 11.6. The number of furan rings is 1. The maximum Gasteiger partial charge on any atom is 0.373 e. The number of nitrogens with one attached hydrogen (secondary N) is 1. The predicted octanol–water partition coefficient (Wildman–Crippen LogP) is 0.760. The zero-order chi connectivity index (χ0) is 13.9. The molecule has 1 rings (SSSR count). The average Bonchev–Trinajstić information content (AvgIpc) is 2.77. The topological polar surface area (TPSA) is 85.6 Å².